The van der Waals surface area contributed by atoms with Crippen LogP contribution >= 0.6 is 0 Å². The van der Waals surface area contributed by atoms with Crippen molar-refractivity contribution in [2.45, 2.75) is 32.2 Å². The van der Waals surface area contributed by atoms with E-state index in [0.29, 0.717) is 6.04 Å². The number of benzene rings is 1. The van der Waals surface area contributed by atoms with Gasteiger partial charge in [-0.05, 0) is 31.4 Å². The summed E-state index contributed by atoms with van der Waals surface area (Å²) in [4.78, 5) is 0. The van der Waals surface area contributed by atoms with Gasteiger partial charge in [-0.1, -0.05) is 43.2 Å². The minimum Gasteiger partial charge on any atom is -0.310 e. The minimum absolute atomic E-state index is 0.495. The third-order valence-corrected chi connectivity index (χ3v) is 3.00. The molecule has 1 saturated carbocycles. The maximum atomic E-state index is 3.57. The highest BCUT2D eigenvalue weighted by molar-refractivity contribution is 5.17. The van der Waals surface area contributed by atoms with Crippen molar-refractivity contribution >= 4 is 0 Å². The van der Waals surface area contributed by atoms with Crippen LogP contribution in [0.4, 0.5) is 0 Å². The molecule has 1 fully saturated rings. The Morgan fingerprint density at radius 3 is 2.64 bits per heavy atom. The standard InChI is InChI=1S/C13H19N/c1-11(13-5-3-2-4-6-13)14-10-9-12-7-8-12/h2-6,11-12,14H,7-10H2,1H3/t11-/m0/s1. The summed E-state index contributed by atoms with van der Waals surface area (Å²) < 4.78 is 0. The van der Waals surface area contributed by atoms with Crippen LogP contribution in [-0.4, -0.2) is 6.54 Å². The third-order valence-electron chi connectivity index (χ3n) is 3.00. The second-order valence-electron chi connectivity index (χ2n) is 4.32. The number of nitrogens with one attached hydrogen (secondary N) is 1. The van der Waals surface area contributed by atoms with Crippen LogP contribution in [0.5, 0.6) is 0 Å². The predicted molar refractivity (Wildman–Crippen MR) is 60.2 cm³/mol. The molecular formula is C13H19N. The molecule has 1 nitrogen and oxygen atoms in total. The molecule has 0 amide bonds. The van der Waals surface area contributed by atoms with E-state index in [1.165, 1.54) is 31.4 Å². The zero-order valence-corrected chi connectivity index (χ0v) is 8.87. The number of hydrogen-bond donors (Lipinski definition) is 1. The van der Waals surface area contributed by atoms with Gasteiger partial charge in [0.25, 0.3) is 0 Å². The Morgan fingerprint density at radius 1 is 1.29 bits per heavy atom. The fourth-order valence-corrected chi connectivity index (χ4v) is 1.77. The lowest BCUT2D eigenvalue weighted by Gasteiger charge is -2.13. The predicted octanol–water partition coefficient (Wildman–Crippen LogP) is 3.14. The van der Waals surface area contributed by atoms with E-state index in [4.69, 9.17) is 0 Å². The lowest BCUT2D eigenvalue weighted by molar-refractivity contribution is 0.540. The van der Waals surface area contributed by atoms with Gasteiger partial charge in [0, 0.05) is 6.04 Å². The minimum atomic E-state index is 0.495. The van der Waals surface area contributed by atoms with Crippen molar-refractivity contribution in [3.63, 3.8) is 0 Å². The van der Waals surface area contributed by atoms with Crippen molar-refractivity contribution in [1.82, 2.24) is 5.32 Å². The quantitative estimate of drug-likeness (QED) is 0.750. The Kier molecular flexibility index (Phi) is 3.20. The fraction of sp³-hybridized carbons (Fsp3) is 0.538. The van der Waals surface area contributed by atoms with E-state index in [1.807, 2.05) is 0 Å². The lowest BCUT2D eigenvalue weighted by Crippen LogP contribution is -2.20. The molecule has 0 heterocycles. The topological polar surface area (TPSA) is 12.0 Å². The molecule has 1 heteroatoms. The summed E-state index contributed by atoms with van der Waals surface area (Å²) in [7, 11) is 0. The second-order valence-corrected chi connectivity index (χ2v) is 4.32. The van der Waals surface area contributed by atoms with Gasteiger partial charge >= 0.3 is 0 Å². The van der Waals surface area contributed by atoms with Crippen molar-refractivity contribution in [3.8, 4) is 0 Å². The zero-order valence-electron chi connectivity index (χ0n) is 8.87. The van der Waals surface area contributed by atoms with E-state index in [-0.39, 0.29) is 0 Å². The molecule has 1 aromatic rings. The average Bonchev–Trinajstić information content (AvgIpc) is 3.03. The maximum Gasteiger partial charge on any atom is 0.0291 e. The van der Waals surface area contributed by atoms with Gasteiger partial charge in [0.05, 0.1) is 0 Å². The Balaban J connectivity index is 1.74. The molecule has 1 N–H and O–H groups in total. The lowest BCUT2D eigenvalue weighted by atomic mass is 10.1. The van der Waals surface area contributed by atoms with E-state index in [2.05, 4.69) is 42.6 Å². The molecule has 0 bridgehead atoms. The summed E-state index contributed by atoms with van der Waals surface area (Å²) in [6.07, 6.45) is 4.28. The molecule has 0 aromatic heterocycles. The maximum absolute atomic E-state index is 3.57. The van der Waals surface area contributed by atoms with Gasteiger partial charge in [0.15, 0.2) is 0 Å². The fourth-order valence-electron chi connectivity index (χ4n) is 1.77. The molecule has 0 radical (unpaired) electrons. The normalized spacial score (nSPS) is 18.1. The van der Waals surface area contributed by atoms with E-state index in [0.717, 1.165) is 5.92 Å². The van der Waals surface area contributed by atoms with Gasteiger partial charge in [-0.15, -0.1) is 0 Å². The van der Waals surface area contributed by atoms with E-state index in [9.17, 15) is 0 Å². The summed E-state index contributed by atoms with van der Waals surface area (Å²) in [5, 5.41) is 3.57. The highest BCUT2D eigenvalue weighted by Gasteiger charge is 2.20. The third kappa shape index (κ3) is 2.85. The summed E-state index contributed by atoms with van der Waals surface area (Å²) in [6.45, 7) is 3.41. The Hall–Kier alpha value is -0.820. The number of hydrogen-bond acceptors (Lipinski definition) is 1. The number of rotatable bonds is 5. The summed E-state index contributed by atoms with van der Waals surface area (Å²) in [6, 6.07) is 11.2. The molecule has 0 saturated heterocycles. The molecule has 1 aliphatic rings. The summed E-state index contributed by atoms with van der Waals surface area (Å²) in [5.41, 5.74) is 1.39. The molecule has 14 heavy (non-hydrogen) atoms. The van der Waals surface area contributed by atoms with Gasteiger partial charge in [-0.25, -0.2) is 0 Å². The van der Waals surface area contributed by atoms with Crippen molar-refractivity contribution < 1.29 is 0 Å². The highest BCUT2D eigenvalue weighted by Crippen LogP contribution is 2.31. The molecule has 76 valence electrons. The monoisotopic (exact) mass is 189 g/mol. The van der Waals surface area contributed by atoms with Crippen LogP contribution < -0.4 is 5.32 Å². The van der Waals surface area contributed by atoms with Crippen molar-refractivity contribution in [3.05, 3.63) is 35.9 Å². The van der Waals surface area contributed by atoms with E-state index < -0.39 is 0 Å². The van der Waals surface area contributed by atoms with Gasteiger partial charge in [-0.3, -0.25) is 0 Å². The second kappa shape index (κ2) is 4.61. The van der Waals surface area contributed by atoms with Crippen LogP contribution in [0.15, 0.2) is 30.3 Å². The largest absolute Gasteiger partial charge is 0.310 e. The first kappa shape index (κ1) is 9.72. The molecule has 2 rings (SSSR count). The Bertz CT molecular complexity index is 264. The molecule has 1 atom stereocenters. The molecule has 1 aromatic carbocycles. The van der Waals surface area contributed by atoms with Gasteiger partial charge in [-0.2, -0.15) is 0 Å². The van der Waals surface area contributed by atoms with Crippen LogP contribution in [0, 0.1) is 5.92 Å². The van der Waals surface area contributed by atoms with Crippen LogP contribution in [-0.2, 0) is 0 Å². The smallest absolute Gasteiger partial charge is 0.0291 e. The van der Waals surface area contributed by atoms with E-state index >= 15 is 0 Å². The molecule has 0 aliphatic heterocycles. The van der Waals surface area contributed by atoms with Gasteiger partial charge in [0.2, 0.25) is 0 Å². The summed E-state index contributed by atoms with van der Waals surface area (Å²) >= 11 is 0. The molecule has 1 aliphatic carbocycles. The SMILES string of the molecule is C[C@H](NCCC1CC1)c1ccccc1. The van der Waals surface area contributed by atoms with Crippen molar-refractivity contribution in [1.29, 1.82) is 0 Å². The average molecular weight is 189 g/mol. The van der Waals surface area contributed by atoms with Crippen LogP contribution in [0.25, 0.3) is 0 Å². The first-order chi connectivity index (χ1) is 6.86. The van der Waals surface area contributed by atoms with E-state index in [1.54, 1.807) is 0 Å². The molecular weight excluding hydrogens is 170 g/mol. The first-order valence-corrected chi connectivity index (χ1v) is 5.64. The Labute approximate surface area is 86.5 Å². The van der Waals surface area contributed by atoms with Crippen LogP contribution in [0.2, 0.25) is 0 Å². The van der Waals surface area contributed by atoms with Crippen LogP contribution in [0.3, 0.4) is 0 Å². The summed E-state index contributed by atoms with van der Waals surface area (Å²) in [5.74, 6) is 1.03. The molecule has 0 unspecified atom stereocenters. The highest BCUT2D eigenvalue weighted by atomic mass is 14.9. The van der Waals surface area contributed by atoms with Gasteiger partial charge < -0.3 is 5.32 Å². The first-order valence-electron chi connectivity index (χ1n) is 5.64. The molecule has 0 spiro atoms. The Morgan fingerprint density at radius 2 is 2.00 bits per heavy atom. The van der Waals surface area contributed by atoms with Crippen LogP contribution in [0.1, 0.15) is 37.8 Å². The zero-order chi connectivity index (χ0) is 9.80. The van der Waals surface area contributed by atoms with Gasteiger partial charge in [0.1, 0.15) is 0 Å². The van der Waals surface area contributed by atoms with Crippen molar-refractivity contribution in [2.24, 2.45) is 5.92 Å². The van der Waals surface area contributed by atoms with Crippen molar-refractivity contribution in [2.75, 3.05) is 6.54 Å².